The first kappa shape index (κ1) is 18.5. The second-order valence-electron chi connectivity index (χ2n) is 5.69. The molecule has 1 saturated heterocycles. The van der Waals surface area contributed by atoms with Crippen LogP contribution >= 0.6 is 12.4 Å². The number of nitrogens with one attached hydrogen (secondary N) is 2. The zero-order valence-electron chi connectivity index (χ0n) is 13.5. The Bertz CT molecular complexity index is 626. The van der Waals surface area contributed by atoms with Crippen LogP contribution in [0.1, 0.15) is 5.56 Å². The molecular formula is C19H23ClN2O2. The Hall–Kier alpha value is -1.88. The fraction of sp³-hybridized carbons (Fsp3) is 0.316. The first-order valence-corrected chi connectivity index (χ1v) is 8.06. The summed E-state index contributed by atoms with van der Waals surface area (Å²) >= 11 is 0. The maximum absolute atomic E-state index is 12.0. The second-order valence-corrected chi connectivity index (χ2v) is 5.69. The Labute approximate surface area is 149 Å². The van der Waals surface area contributed by atoms with Crippen LogP contribution in [0.3, 0.4) is 0 Å². The van der Waals surface area contributed by atoms with Crippen molar-refractivity contribution >= 4 is 18.3 Å². The maximum Gasteiger partial charge on any atom is 0.239 e. The van der Waals surface area contributed by atoms with E-state index in [-0.39, 0.29) is 24.4 Å². The van der Waals surface area contributed by atoms with Gasteiger partial charge in [0.1, 0.15) is 6.04 Å². The number of carbonyl (C=O) groups excluding carboxylic acids is 1. The quantitative estimate of drug-likeness (QED) is 0.874. The van der Waals surface area contributed by atoms with Crippen LogP contribution in [-0.2, 0) is 16.0 Å². The fourth-order valence-corrected chi connectivity index (χ4v) is 2.68. The normalized spacial score (nSPS) is 16.9. The van der Waals surface area contributed by atoms with E-state index in [1.807, 2.05) is 18.2 Å². The van der Waals surface area contributed by atoms with Crippen LogP contribution in [0.5, 0.6) is 0 Å². The Morgan fingerprint density at radius 3 is 2.46 bits per heavy atom. The molecule has 0 radical (unpaired) electrons. The number of ether oxygens (including phenoxy) is 1. The van der Waals surface area contributed by atoms with Gasteiger partial charge in [0.2, 0.25) is 5.91 Å². The van der Waals surface area contributed by atoms with Crippen molar-refractivity contribution in [2.45, 2.75) is 12.5 Å². The molecule has 4 nitrogen and oxygen atoms in total. The molecule has 3 rings (SSSR count). The van der Waals surface area contributed by atoms with E-state index in [1.54, 1.807) is 0 Å². The van der Waals surface area contributed by atoms with Crippen molar-refractivity contribution in [1.29, 1.82) is 0 Å². The third-order valence-corrected chi connectivity index (χ3v) is 4.01. The van der Waals surface area contributed by atoms with Crippen molar-refractivity contribution in [3.8, 4) is 11.1 Å². The predicted molar refractivity (Wildman–Crippen MR) is 98.4 cm³/mol. The van der Waals surface area contributed by atoms with Gasteiger partial charge in [-0.2, -0.15) is 0 Å². The lowest BCUT2D eigenvalue weighted by Crippen LogP contribution is -2.51. The van der Waals surface area contributed by atoms with Gasteiger partial charge in [0.15, 0.2) is 0 Å². The highest BCUT2D eigenvalue weighted by Crippen LogP contribution is 2.19. The van der Waals surface area contributed by atoms with Crippen molar-refractivity contribution < 1.29 is 9.53 Å². The van der Waals surface area contributed by atoms with Crippen molar-refractivity contribution in [1.82, 2.24) is 10.6 Å². The van der Waals surface area contributed by atoms with Gasteiger partial charge in [0, 0.05) is 13.1 Å². The number of hydrogen-bond donors (Lipinski definition) is 2. The topological polar surface area (TPSA) is 50.4 Å². The SMILES string of the molecule is Cl.O=C(NCCc1ccc(-c2ccccc2)cc1)C1COCCN1. The number of morpholine rings is 1. The number of amides is 1. The van der Waals surface area contributed by atoms with E-state index in [2.05, 4.69) is 47.0 Å². The van der Waals surface area contributed by atoms with E-state index < -0.39 is 0 Å². The van der Waals surface area contributed by atoms with Gasteiger partial charge in [-0.05, 0) is 23.1 Å². The minimum Gasteiger partial charge on any atom is -0.378 e. The molecule has 1 heterocycles. The van der Waals surface area contributed by atoms with Crippen molar-refractivity contribution in [3.63, 3.8) is 0 Å². The Morgan fingerprint density at radius 1 is 1.08 bits per heavy atom. The van der Waals surface area contributed by atoms with E-state index >= 15 is 0 Å². The summed E-state index contributed by atoms with van der Waals surface area (Å²) in [7, 11) is 0. The minimum absolute atomic E-state index is 0. The van der Waals surface area contributed by atoms with E-state index in [4.69, 9.17) is 4.74 Å². The van der Waals surface area contributed by atoms with Gasteiger partial charge in [-0.3, -0.25) is 4.79 Å². The van der Waals surface area contributed by atoms with E-state index in [1.165, 1.54) is 16.7 Å². The van der Waals surface area contributed by atoms with Gasteiger partial charge < -0.3 is 15.4 Å². The lowest BCUT2D eigenvalue weighted by Gasteiger charge is -2.22. The number of carbonyl (C=O) groups is 1. The molecule has 2 N–H and O–H groups in total. The zero-order chi connectivity index (χ0) is 15.9. The van der Waals surface area contributed by atoms with E-state index in [0.717, 1.165) is 13.0 Å². The average molecular weight is 347 g/mol. The third kappa shape index (κ3) is 5.06. The standard InChI is InChI=1S/C19H22N2O2.ClH/c22-19(18-14-23-13-12-20-18)21-11-10-15-6-8-17(9-7-15)16-4-2-1-3-5-16;/h1-9,18,20H,10-14H2,(H,21,22);1H. The molecule has 0 aliphatic carbocycles. The monoisotopic (exact) mass is 346 g/mol. The highest BCUT2D eigenvalue weighted by molar-refractivity contribution is 5.85. The molecule has 2 aromatic carbocycles. The molecule has 0 saturated carbocycles. The molecule has 1 aliphatic heterocycles. The fourth-order valence-electron chi connectivity index (χ4n) is 2.68. The first-order chi connectivity index (χ1) is 11.3. The molecular weight excluding hydrogens is 324 g/mol. The van der Waals surface area contributed by atoms with Crippen LogP contribution in [-0.4, -0.2) is 38.3 Å². The van der Waals surface area contributed by atoms with Gasteiger partial charge in [-0.1, -0.05) is 54.6 Å². The van der Waals surface area contributed by atoms with Crippen LogP contribution in [0.15, 0.2) is 54.6 Å². The van der Waals surface area contributed by atoms with E-state index in [0.29, 0.717) is 19.8 Å². The van der Waals surface area contributed by atoms with Gasteiger partial charge in [0.25, 0.3) is 0 Å². The molecule has 0 bridgehead atoms. The van der Waals surface area contributed by atoms with Crippen LogP contribution < -0.4 is 10.6 Å². The molecule has 128 valence electrons. The maximum atomic E-state index is 12.0. The Morgan fingerprint density at radius 2 is 1.79 bits per heavy atom. The number of rotatable bonds is 5. The summed E-state index contributed by atoms with van der Waals surface area (Å²) in [6, 6.07) is 18.6. The third-order valence-electron chi connectivity index (χ3n) is 4.01. The minimum atomic E-state index is -0.218. The molecule has 1 amide bonds. The molecule has 0 aromatic heterocycles. The summed E-state index contributed by atoms with van der Waals surface area (Å²) < 4.78 is 5.30. The highest BCUT2D eigenvalue weighted by atomic mass is 35.5. The smallest absolute Gasteiger partial charge is 0.239 e. The van der Waals surface area contributed by atoms with Crippen LogP contribution in [0, 0.1) is 0 Å². The molecule has 5 heteroatoms. The summed E-state index contributed by atoms with van der Waals surface area (Å²) in [5.41, 5.74) is 3.65. The lowest BCUT2D eigenvalue weighted by atomic mass is 10.0. The molecule has 1 atom stereocenters. The highest BCUT2D eigenvalue weighted by Gasteiger charge is 2.20. The number of halogens is 1. The summed E-state index contributed by atoms with van der Waals surface area (Å²) in [4.78, 5) is 12.0. The lowest BCUT2D eigenvalue weighted by molar-refractivity contribution is -0.125. The van der Waals surface area contributed by atoms with Crippen LogP contribution in [0.4, 0.5) is 0 Å². The number of hydrogen-bond acceptors (Lipinski definition) is 3. The molecule has 2 aromatic rings. The average Bonchev–Trinajstić information content (AvgIpc) is 2.64. The van der Waals surface area contributed by atoms with Crippen LogP contribution in [0.2, 0.25) is 0 Å². The van der Waals surface area contributed by atoms with E-state index in [9.17, 15) is 4.79 Å². The molecule has 1 fully saturated rings. The molecule has 24 heavy (non-hydrogen) atoms. The second kappa shape index (κ2) is 9.42. The Kier molecular flexibility index (Phi) is 7.25. The van der Waals surface area contributed by atoms with Gasteiger partial charge >= 0.3 is 0 Å². The molecule has 1 aliphatic rings. The summed E-state index contributed by atoms with van der Waals surface area (Å²) in [6.07, 6.45) is 0.828. The van der Waals surface area contributed by atoms with Gasteiger partial charge in [-0.25, -0.2) is 0 Å². The molecule has 1 unspecified atom stereocenters. The van der Waals surface area contributed by atoms with Crippen LogP contribution in [0.25, 0.3) is 11.1 Å². The Balaban J connectivity index is 0.00000208. The van der Waals surface area contributed by atoms with Crippen molar-refractivity contribution in [2.24, 2.45) is 0 Å². The summed E-state index contributed by atoms with van der Waals surface area (Å²) in [6.45, 7) is 2.51. The summed E-state index contributed by atoms with van der Waals surface area (Å²) in [5.74, 6) is 0.0191. The summed E-state index contributed by atoms with van der Waals surface area (Å²) in [5, 5.41) is 6.12. The first-order valence-electron chi connectivity index (χ1n) is 8.06. The van der Waals surface area contributed by atoms with Gasteiger partial charge in [-0.15, -0.1) is 12.4 Å². The van der Waals surface area contributed by atoms with Crippen molar-refractivity contribution in [2.75, 3.05) is 26.3 Å². The predicted octanol–water partition coefficient (Wildman–Crippen LogP) is 2.42. The van der Waals surface area contributed by atoms with Crippen molar-refractivity contribution in [3.05, 3.63) is 60.2 Å². The number of benzene rings is 2. The largest absolute Gasteiger partial charge is 0.378 e. The zero-order valence-corrected chi connectivity index (χ0v) is 14.4. The van der Waals surface area contributed by atoms with Gasteiger partial charge in [0.05, 0.1) is 13.2 Å². The molecule has 0 spiro atoms.